The normalized spacial score (nSPS) is 17.2. The summed E-state index contributed by atoms with van der Waals surface area (Å²) in [5, 5.41) is 13.7. The van der Waals surface area contributed by atoms with Crippen molar-refractivity contribution < 1.29 is 9.59 Å². The third kappa shape index (κ3) is 4.76. The van der Waals surface area contributed by atoms with Gasteiger partial charge in [-0.1, -0.05) is 18.1 Å². The Morgan fingerprint density at radius 3 is 2.58 bits per heavy atom. The number of rotatable bonds is 5. The molecule has 0 spiro atoms. The first-order valence-corrected chi connectivity index (χ1v) is 12.4. The minimum Gasteiger partial charge on any atom is -0.383 e. The van der Waals surface area contributed by atoms with Gasteiger partial charge in [0.1, 0.15) is 17.8 Å². The molecular formula is C25H24N8O2S. The smallest absolute Gasteiger partial charge is 0.296 e. The molecule has 1 aliphatic carbocycles. The van der Waals surface area contributed by atoms with Gasteiger partial charge in [-0.05, 0) is 50.7 Å². The van der Waals surface area contributed by atoms with Gasteiger partial charge >= 0.3 is 0 Å². The number of nitrogens with one attached hydrogen (secondary N) is 2. The summed E-state index contributed by atoms with van der Waals surface area (Å²) in [7, 11) is 0. The standard InChI is InChI=1S/C25H24N8O2S/c1-2-3-19(34)30-17-8-10-18(11-9-17)33-23-20(22(26)28-14-29-23)21(32-33)15-4-6-16(7-5-15)24(35)31-25-27-12-13-36-25/h4-7,12-14,17-18H,8-11H2,1H3,(H,30,34)(H2,26,28,29)(H,27,31,35). The fraction of sp³-hybridized carbons (Fsp3) is 0.280. The Labute approximate surface area is 211 Å². The highest BCUT2D eigenvalue weighted by molar-refractivity contribution is 7.13. The number of hydrogen-bond donors (Lipinski definition) is 3. The number of fused-ring (bicyclic) bond motifs is 1. The zero-order chi connectivity index (χ0) is 25.1. The van der Waals surface area contributed by atoms with E-state index in [2.05, 4.69) is 37.4 Å². The summed E-state index contributed by atoms with van der Waals surface area (Å²) in [4.78, 5) is 37.1. The van der Waals surface area contributed by atoms with Gasteiger partial charge < -0.3 is 11.1 Å². The molecule has 1 aliphatic rings. The van der Waals surface area contributed by atoms with Crippen LogP contribution < -0.4 is 16.4 Å². The molecule has 0 bridgehead atoms. The van der Waals surface area contributed by atoms with Gasteiger partial charge in [0.05, 0.1) is 11.4 Å². The van der Waals surface area contributed by atoms with Crippen LogP contribution in [0, 0.1) is 11.8 Å². The van der Waals surface area contributed by atoms with E-state index in [9.17, 15) is 9.59 Å². The third-order valence-corrected chi connectivity index (χ3v) is 6.90. The summed E-state index contributed by atoms with van der Waals surface area (Å²) in [6.07, 6.45) is 6.40. The molecule has 0 aliphatic heterocycles. The zero-order valence-electron chi connectivity index (χ0n) is 19.6. The van der Waals surface area contributed by atoms with Gasteiger partial charge in [0.25, 0.3) is 11.8 Å². The summed E-state index contributed by atoms with van der Waals surface area (Å²) >= 11 is 1.36. The fourth-order valence-electron chi connectivity index (χ4n) is 4.49. The molecule has 0 unspecified atom stereocenters. The highest BCUT2D eigenvalue weighted by Crippen LogP contribution is 2.36. The number of anilines is 2. The molecule has 1 saturated carbocycles. The Hall–Kier alpha value is -4.30. The van der Waals surface area contributed by atoms with Crippen molar-refractivity contribution in [1.29, 1.82) is 0 Å². The Morgan fingerprint density at radius 2 is 1.89 bits per heavy atom. The van der Waals surface area contributed by atoms with Crippen molar-refractivity contribution >= 4 is 45.1 Å². The van der Waals surface area contributed by atoms with Crippen LogP contribution >= 0.6 is 11.3 Å². The number of benzene rings is 1. The van der Waals surface area contributed by atoms with Crippen molar-refractivity contribution in [2.75, 3.05) is 11.1 Å². The molecule has 3 aromatic heterocycles. The van der Waals surface area contributed by atoms with Crippen LogP contribution in [0.4, 0.5) is 10.9 Å². The van der Waals surface area contributed by atoms with Crippen molar-refractivity contribution in [3.8, 4) is 23.1 Å². The Morgan fingerprint density at radius 1 is 1.11 bits per heavy atom. The Bertz CT molecular complexity index is 1460. The first-order valence-electron chi connectivity index (χ1n) is 11.6. The molecule has 2 amide bonds. The summed E-state index contributed by atoms with van der Waals surface area (Å²) < 4.78 is 1.93. The summed E-state index contributed by atoms with van der Waals surface area (Å²) in [6, 6.07) is 7.39. The van der Waals surface area contributed by atoms with Crippen LogP contribution in [0.15, 0.2) is 42.2 Å². The predicted octanol–water partition coefficient (Wildman–Crippen LogP) is 3.41. The topological polar surface area (TPSA) is 141 Å². The highest BCUT2D eigenvalue weighted by atomic mass is 32.1. The number of carbonyl (C=O) groups excluding carboxylic acids is 2. The average molecular weight is 501 g/mol. The molecule has 1 fully saturated rings. The molecule has 0 saturated heterocycles. The van der Waals surface area contributed by atoms with Crippen molar-refractivity contribution in [2.24, 2.45) is 0 Å². The fourth-order valence-corrected chi connectivity index (χ4v) is 5.01. The lowest BCUT2D eigenvalue weighted by atomic mass is 9.91. The highest BCUT2D eigenvalue weighted by Gasteiger charge is 2.27. The van der Waals surface area contributed by atoms with E-state index in [-0.39, 0.29) is 23.9 Å². The largest absolute Gasteiger partial charge is 0.383 e. The maximum atomic E-state index is 12.5. The third-order valence-electron chi connectivity index (χ3n) is 6.21. The number of hydrogen-bond acceptors (Lipinski definition) is 8. The maximum absolute atomic E-state index is 12.5. The number of nitrogens with two attached hydrogens (primary N) is 1. The van der Waals surface area contributed by atoms with E-state index in [1.165, 1.54) is 17.7 Å². The lowest BCUT2D eigenvalue weighted by Crippen LogP contribution is -2.37. The minimum atomic E-state index is -0.239. The van der Waals surface area contributed by atoms with Gasteiger partial charge in [0, 0.05) is 28.7 Å². The summed E-state index contributed by atoms with van der Waals surface area (Å²) in [5.74, 6) is 5.04. The molecule has 4 aromatic rings. The summed E-state index contributed by atoms with van der Waals surface area (Å²) in [6.45, 7) is 1.65. The average Bonchev–Trinajstić information content (AvgIpc) is 3.53. The molecule has 4 N–H and O–H groups in total. The molecular weight excluding hydrogens is 476 g/mol. The molecule has 3 heterocycles. The van der Waals surface area contributed by atoms with E-state index in [0.29, 0.717) is 33.2 Å². The van der Waals surface area contributed by atoms with E-state index in [1.807, 2.05) is 16.8 Å². The van der Waals surface area contributed by atoms with Crippen LogP contribution in [0.1, 0.15) is 49.0 Å². The number of thiazole rings is 1. The van der Waals surface area contributed by atoms with Crippen molar-refractivity contribution in [1.82, 2.24) is 30.0 Å². The molecule has 1 aromatic carbocycles. The van der Waals surface area contributed by atoms with E-state index in [0.717, 1.165) is 31.2 Å². The van der Waals surface area contributed by atoms with Crippen molar-refractivity contribution in [3.05, 3.63) is 47.7 Å². The van der Waals surface area contributed by atoms with Gasteiger partial charge in [-0.15, -0.1) is 11.3 Å². The lowest BCUT2D eigenvalue weighted by Gasteiger charge is -2.28. The molecule has 0 atom stereocenters. The van der Waals surface area contributed by atoms with Crippen molar-refractivity contribution in [2.45, 2.75) is 44.7 Å². The number of nitrogens with zero attached hydrogens (tertiary/aromatic N) is 5. The minimum absolute atomic E-state index is 0.0960. The lowest BCUT2D eigenvalue weighted by molar-refractivity contribution is -0.116. The van der Waals surface area contributed by atoms with Gasteiger partial charge in [-0.3, -0.25) is 14.9 Å². The van der Waals surface area contributed by atoms with Gasteiger partial charge in [-0.2, -0.15) is 5.10 Å². The monoisotopic (exact) mass is 500 g/mol. The second kappa shape index (κ2) is 10.1. The molecule has 36 heavy (non-hydrogen) atoms. The van der Waals surface area contributed by atoms with Gasteiger partial charge in [-0.25, -0.2) is 19.6 Å². The molecule has 10 nitrogen and oxygen atoms in total. The summed E-state index contributed by atoms with van der Waals surface area (Å²) in [5.41, 5.74) is 8.92. The first-order chi connectivity index (χ1) is 17.5. The van der Waals surface area contributed by atoms with Crippen LogP contribution in [0.25, 0.3) is 22.3 Å². The Balaban J connectivity index is 1.39. The predicted molar refractivity (Wildman–Crippen MR) is 138 cm³/mol. The van der Waals surface area contributed by atoms with E-state index < -0.39 is 0 Å². The zero-order valence-corrected chi connectivity index (χ0v) is 20.4. The Kier molecular flexibility index (Phi) is 6.60. The van der Waals surface area contributed by atoms with Crippen molar-refractivity contribution in [3.63, 3.8) is 0 Å². The molecule has 5 rings (SSSR count). The second-order valence-corrected chi connectivity index (χ2v) is 9.37. The van der Waals surface area contributed by atoms with E-state index >= 15 is 0 Å². The van der Waals surface area contributed by atoms with E-state index in [1.54, 1.807) is 30.6 Å². The number of amides is 2. The maximum Gasteiger partial charge on any atom is 0.296 e. The molecule has 0 radical (unpaired) electrons. The number of nitrogen functional groups attached to an aromatic ring is 1. The van der Waals surface area contributed by atoms with Crippen LogP contribution in [0.3, 0.4) is 0 Å². The van der Waals surface area contributed by atoms with Crippen LogP contribution in [-0.2, 0) is 4.79 Å². The number of aromatic nitrogens is 5. The van der Waals surface area contributed by atoms with E-state index in [4.69, 9.17) is 10.8 Å². The van der Waals surface area contributed by atoms with Crippen LogP contribution in [0.2, 0.25) is 0 Å². The van der Waals surface area contributed by atoms with Crippen LogP contribution in [-0.4, -0.2) is 42.6 Å². The number of carbonyl (C=O) groups is 2. The van der Waals surface area contributed by atoms with Gasteiger partial charge in [0.2, 0.25) is 0 Å². The van der Waals surface area contributed by atoms with Gasteiger partial charge in [0.15, 0.2) is 10.8 Å². The van der Waals surface area contributed by atoms with Crippen LogP contribution in [0.5, 0.6) is 0 Å². The molecule has 182 valence electrons. The SMILES string of the molecule is CC#CC(=O)NC1CCC(n2nc(-c3ccc(C(=O)Nc4nccs4)cc3)c3c(N)ncnc32)CC1. The first kappa shape index (κ1) is 23.4. The quantitative estimate of drug-likeness (QED) is 0.357. The molecule has 11 heteroatoms. The second-order valence-electron chi connectivity index (χ2n) is 8.47.